The third kappa shape index (κ3) is 3.99. The molecule has 7 nitrogen and oxygen atoms in total. The standard InChI is InChI=1S/C17H20N4O3/c1-11-2-3-13(9-20-11)24-16-10-23-7-5-14(16)21-17(22)15-8-12(18)4-6-19-15/h2-4,6,8-9,14,16H,5,7,10H2,1H3,(H2,18,19)(H,21,22)/t14-,16+/m1/s1. The molecule has 0 spiro atoms. The van der Waals surface area contributed by atoms with Crippen LogP contribution in [0.1, 0.15) is 22.6 Å². The highest BCUT2D eigenvalue weighted by molar-refractivity contribution is 5.93. The average molecular weight is 328 g/mol. The molecule has 24 heavy (non-hydrogen) atoms. The molecule has 1 aliphatic heterocycles. The molecule has 1 amide bonds. The zero-order valence-electron chi connectivity index (χ0n) is 13.4. The Hall–Kier alpha value is -2.67. The number of hydrogen-bond donors (Lipinski definition) is 2. The Morgan fingerprint density at radius 3 is 3.00 bits per heavy atom. The number of rotatable bonds is 4. The fourth-order valence-electron chi connectivity index (χ4n) is 2.51. The van der Waals surface area contributed by atoms with Crippen LogP contribution in [0.2, 0.25) is 0 Å². The third-order valence-electron chi connectivity index (χ3n) is 3.81. The van der Waals surface area contributed by atoms with Crippen LogP contribution in [0.25, 0.3) is 0 Å². The molecule has 2 atom stereocenters. The van der Waals surface area contributed by atoms with Crippen LogP contribution in [0.4, 0.5) is 5.69 Å². The summed E-state index contributed by atoms with van der Waals surface area (Å²) in [6.45, 7) is 2.89. The normalized spacial score (nSPS) is 20.4. The summed E-state index contributed by atoms with van der Waals surface area (Å²) >= 11 is 0. The van der Waals surface area contributed by atoms with E-state index in [4.69, 9.17) is 15.2 Å². The number of anilines is 1. The predicted octanol–water partition coefficient (Wildman–Crippen LogP) is 1.33. The maximum atomic E-state index is 12.4. The third-order valence-corrected chi connectivity index (χ3v) is 3.81. The van der Waals surface area contributed by atoms with E-state index in [9.17, 15) is 4.79 Å². The summed E-state index contributed by atoms with van der Waals surface area (Å²) in [7, 11) is 0. The lowest BCUT2D eigenvalue weighted by Crippen LogP contribution is -2.51. The summed E-state index contributed by atoms with van der Waals surface area (Å²) in [5.74, 6) is 0.377. The Bertz CT molecular complexity index is 705. The number of aryl methyl sites for hydroxylation is 1. The molecule has 3 heterocycles. The summed E-state index contributed by atoms with van der Waals surface area (Å²) in [6.07, 6.45) is 3.56. The number of amides is 1. The van der Waals surface area contributed by atoms with E-state index in [1.165, 1.54) is 6.20 Å². The summed E-state index contributed by atoms with van der Waals surface area (Å²) in [6, 6.07) is 6.75. The van der Waals surface area contributed by atoms with E-state index in [2.05, 4.69) is 15.3 Å². The quantitative estimate of drug-likeness (QED) is 0.878. The van der Waals surface area contributed by atoms with Gasteiger partial charge in [-0.2, -0.15) is 0 Å². The molecule has 126 valence electrons. The van der Waals surface area contributed by atoms with Crippen molar-refractivity contribution in [2.45, 2.75) is 25.5 Å². The second-order valence-corrected chi connectivity index (χ2v) is 5.71. The molecule has 0 aliphatic carbocycles. The van der Waals surface area contributed by atoms with Crippen molar-refractivity contribution < 1.29 is 14.3 Å². The molecule has 1 aliphatic rings. The first-order valence-electron chi connectivity index (χ1n) is 7.81. The van der Waals surface area contributed by atoms with Crippen molar-refractivity contribution in [3.8, 4) is 5.75 Å². The Kier molecular flexibility index (Phi) is 4.90. The predicted molar refractivity (Wildman–Crippen MR) is 88.7 cm³/mol. The molecular weight excluding hydrogens is 308 g/mol. The second-order valence-electron chi connectivity index (χ2n) is 5.71. The number of carbonyl (C=O) groups excluding carboxylic acids is 1. The van der Waals surface area contributed by atoms with Gasteiger partial charge in [-0.15, -0.1) is 0 Å². The van der Waals surface area contributed by atoms with Gasteiger partial charge in [-0.25, -0.2) is 0 Å². The lowest BCUT2D eigenvalue weighted by Gasteiger charge is -2.32. The highest BCUT2D eigenvalue weighted by Crippen LogP contribution is 2.17. The zero-order valence-corrected chi connectivity index (χ0v) is 13.4. The van der Waals surface area contributed by atoms with Crippen LogP contribution in [-0.2, 0) is 4.74 Å². The highest BCUT2D eigenvalue weighted by Gasteiger charge is 2.29. The Morgan fingerprint density at radius 1 is 1.38 bits per heavy atom. The lowest BCUT2D eigenvalue weighted by atomic mass is 10.1. The number of pyridine rings is 2. The van der Waals surface area contributed by atoms with E-state index >= 15 is 0 Å². The Morgan fingerprint density at radius 2 is 2.25 bits per heavy atom. The van der Waals surface area contributed by atoms with E-state index < -0.39 is 0 Å². The lowest BCUT2D eigenvalue weighted by molar-refractivity contribution is -0.0136. The molecule has 0 bridgehead atoms. The van der Waals surface area contributed by atoms with Gasteiger partial charge in [0, 0.05) is 24.2 Å². The van der Waals surface area contributed by atoms with Crippen molar-refractivity contribution in [3.05, 3.63) is 48.0 Å². The van der Waals surface area contributed by atoms with Crippen molar-refractivity contribution in [3.63, 3.8) is 0 Å². The Labute approximate surface area is 140 Å². The minimum atomic E-state index is -0.284. The van der Waals surface area contributed by atoms with Crippen LogP contribution >= 0.6 is 0 Å². The van der Waals surface area contributed by atoms with Gasteiger partial charge in [0.05, 0.1) is 18.8 Å². The van der Waals surface area contributed by atoms with E-state index in [1.54, 1.807) is 18.3 Å². The number of carbonyl (C=O) groups is 1. The first-order valence-corrected chi connectivity index (χ1v) is 7.81. The molecule has 3 rings (SSSR count). The first-order chi connectivity index (χ1) is 11.6. The summed E-state index contributed by atoms with van der Waals surface area (Å²) in [5.41, 5.74) is 7.41. The van der Waals surface area contributed by atoms with Crippen LogP contribution in [0.5, 0.6) is 5.75 Å². The zero-order chi connectivity index (χ0) is 16.9. The maximum Gasteiger partial charge on any atom is 0.270 e. The second kappa shape index (κ2) is 7.27. The van der Waals surface area contributed by atoms with Crippen molar-refractivity contribution in [1.29, 1.82) is 0 Å². The summed E-state index contributed by atoms with van der Waals surface area (Å²) in [5, 5.41) is 2.96. The molecule has 7 heteroatoms. The fraction of sp³-hybridized carbons (Fsp3) is 0.353. The monoisotopic (exact) mass is 328 g/mol. The van der Waals surface area contributed by atoms with Crippen LogP contribution in [0, 0.1) is 6.92 Å². The van der Waals surface area contributed by atoms with Crippen LogP contribution in [-0.4, -0.2) is 41.2 Å². The number of nitrogens with one attached hydrogen (secondary N) is 1. The Balaban J connectivity index is 1.67. The van der Waals surface area contributed by atoms with E-state index in [-0.39, 0.29) is 23.7 Å². The number of nitrogens with zero attached hydrogens (tertiary/aromatic N) is 2. The molecule has 0 radical (unpaired) electrons. The molecule has 0 saturated carbocycles. The van der Waals surface area contributed by atoms with Crippen LogP contribution < -0.4 is 15.8 Å². The highest BCUT2D eigenvalue weighted by atomic mass is 16.5. The van der Waals surface area contributed by atoms with Crippen molar-refractivity contribution in [2.75, 3.05) is 18.9 Å². The molecule has 2 aromatic rings. The maximum absolute atomic E-state index is 12.4. The van der Waals surface area contributed by atoms with Gasteiger partial charge < -0.3 is 20.5 Å². The molecule has 1 fully saturated rings. The summed E-state index contributed by atoms with van der Waals surface area (Å²) in [4.78, 5) is 20.6. The van der Waals surface area contributed by atoms with Gasteiger partial charge >= 0.3 is 0 Å². The van der Waals surface area contributed by atoms with Gasteiger partial charge in [-0.05, 0) is 37.6 Å². The first kappa shape index (κ1) is 16.2. The molecular formula is C17H20N4O3. The number of hydrogen-bond acceptors (Lipinski definition) is 6. The largest absolute Gasteiger partial charge is 0.484 e. The number of nitrogens with two attached hydrogens (primary N) is 1. The molecule has 0 unspecified atom stereocenters. The van der Waals surface area contributed by atoms with Crippen molar-refractivity contribution >= 4 is 11.6 Å². The molecule has 3 N–H and O–H groups in total. The van der Waals surface area contributed by atoms with Crippen molar-refractivity contribution in [2.24, 2.45) is 0 Å². The van der Waals surface area contributed by atoms with Gasteiger partial charge in [0.15, 0.2) is 0 Å². The van der Waals surface area contributed by atoms with E-state index in [0.717, 1.165) is 5.69 Å². The minimum absolute atomic E-state index is 0.171. The molecule has 0 aromatic carbocycles. The van der Waals surface area contributed by atoms with Gasteiger partial charge in [0.2, 0.25) is 0 Å². The van der Waals surface area contributed by atoms with Crippen LogP contribution in [0.3, 0.4) is 0 Å². The van der Waals surface area contributed by atoms with Gasteiger partial charge in [-0.3, -0.25) is 14.8 Å². The number of ether oxygens (including phenoxy) is 2. The van der Waals surface area contributed by atoms with E-state index in [1.807, 2.05) is 19.1 Å². The van der Waals surface area contributed by atoms with E-state index in [0.29, 0.717) is 31.1 Å². The topological polar surface area (TPSA) is 99.4 Å². The SMILES string of the molecule is Cc1ccc(O[C@H]2COCC[C@H]2NC(=O)c2cc(N)ccn2)cn1. The fourth-order valence-corrected chi connectivity index (χ4v) is 2.51. The number of nitrogen functional groups attached to an aromatic ring is 1. The number of aromatic nitrogens is 2. The minimum Gasteiger partial charge on any atom is -0.484 e. The molecule has 1 saturated heterocycles. The van der Waals surface area contributed by atoms with Crippen LogP contribution in [0.15, 0.2) is 36.7 Å². The van der Waals surface area contributed by atoms with Gasteiger partial charge in [0.1, 0.15) is 17.5 Å². The van der Waals surface area contributed by atoms with Gasteiger partial charge in [0.25, 0.3) is 5.91 Å². The van der Waals surface area contributed by atoms with Gasteiger partial charge in [-0.1, -0.05) is 0 Å². The smallest absolute Gasteiger partial charge is 0.270 e. The summed E-state index contributed by atoms with van der Waals surface area (Å²) < 4.78 is 11.4. The van der Waals surface area contributed by atoms with Crippen molar-refractivity contribution in [1.82, 2.24) is 15.3 Å². The average Bonchev–Trinajstić information content (AvgIpc) is 2.58. The molecule has 2 aromatic heterocycles.